The Labute approximate surface area is 157 Å². The van der Waals surface area contributed by atoms with Crippen LogP contribution in [0, 0.1) is 12.9 Å². The van der Waals surface area contributed by atoms with Crippen molar-refractivity contribution in [2.75, 3.05) is 11.9 Å². The Hall–Kier alpha value is -2.48. The standard InChI is InChI=1S/C19H20FN3O3S/c1-12-11-22-17(20)10-14(12)19(7-8-19)18(24)23-27(25,26)16-6-2-5-15-13(16)4-3-9-21-15/h2,5-6,10-11,21H,3-4,7-9H2,1H3,(H,23,24). The number of rotatable bonds is 4. The molecular formula is C19H20FN3O3S. The lowest BCUT2D eigenvalue weighted by molar-refractivity contribution is -0.121. The number of carbonyl (C=O) groups is 1. The minimum atomic E-state index is -4.02. The van der Waals surface area contributed by atoms with E-state index in [0.29, 0.717) is 36.0 Å². The number of fused-ring (bicyclic) bond motifs is 1. The van der Waals surface area contributed by atoms with Gasteiger partial charge in [-0.25, -0.2) is 18.1 Å². The molecule has 1 aliphatic heterocycles. The monoisotopic (exact) mass is 389 g/mol. The highest BCUT2D eigenvalue weighted by Gasteiger charge is 2.53. The summed E-state index contributed by atoms with van der Waals surface area (Å²) in [5.41, 5.74) is 1.64. The molecular weight excluding hydrogens is 369 g/mol. The molecule has 142 valence electrons. The average Bonchev–Trinajstić information content (AvgIpc) is 3.45. The van der Waals surface area contributed by atoms with Gasteiger partial charge in [-0.2, -0.15) is 4.39 Å². The molecule has 2 aliphatic rings. The third kappa shape index (κ3) is 3.07. The average molecular weight is 389 g/mol. The third-order valence-corrected chi connectivity index (χ3v) is 6.75. The van der Waals surface area contributed by atoms with Gasteiger partial charge in [0.2, 0.25) is 11.9 Å². The van der Waals surface area contributed by atoms with Crippen molar-refractivity contribution in [3.05, 3.63) is 53.1 Å². The first-order valence-corrected chi connectivity index (χ1v) is 10.4. The van der Waals surface area contributed by atoms with Crippen molar-refractivity contribution >= 4 is 21.6 Å². The molecule has 0 radical (unpaired) electrons. The number of pyridine rings is 1. The second-order valence-electron chi connectivity index (χ2n) is 7.15. The van der Waals surface area contributed by atoms with E-state index in [2.05, 4.69) is 15.0 Å². The summed E-state index contributed by atoms with van der Waals surface area (Å²) in [6, 6.07) is 6.23. The summed E-state index contributed by atoms with van der Waals surface area (Å²) >= 11 is 0. The van der Waals surface area contributed by atoms with Gasteiger partial charge in [0.15, 0.2) is 0 Å². The van der Waals surface area contributed by atoms with Crippen molar-refractivity contribution in [3.63, 3.8) is 0 Å². The first-order valence-electron chi connectivity index (χ1n) is 8.89. The lowest BCUT2D eigenvalue weighted by atomic mass is 9.93. The largest absolute Gasteiger partial charge is 0.385 e. The van der Waals surface area contributed by atoms with Crippen molar-refractivity contribution in [1.29, 1.82) is 0 Å². The molecule has 0 unspecified atom stereocenters. The van der Waals surface area contributed by atoms with E-state index in [-0.39, 0.29) is 4.90 Å². The Kier molecular flexibility index (Phi) is 4.18. The molecule has 0 atom stereocenters. The zero-order chi connectivity index (χ0) is 19.2. The molecule has 2 N–H and O–H groups in total. The molecule has 1 saturated carbocycles. The molecule has 1 aliphatic carbocycles. The van der Waals surface area contributed by atoms with Crippen molar-refractivity contribution < 1.29 is 17.6 Å². The number of amides is 1. The SMILES string of the molecule is Cc1cnc(F)cc1C1(C(=O)NS(=O)(=O)c2cccc3c2CCCN3)CC1. The molecule has 1 amide bonds. The summed E-state index contributed by atoms with van der Waals surface area (Å²) in [6.45, 7) is 2.53. The van der Waals surface area contributed by atoms with Crippen LogP contribution in [0.5, 0.6) is 0 Å². The normalized spacial score (nSPS) is 17.6. The quantitative estimate of drug-likeness (QED) is 0.784. The molecule has 8 heteroatoms. The number of halogens is 1. The minimum absolute atomic E-state index is 0.119. The van der Waals surface area contributed by atoms with Gasteiger partial charge in [0.1, 0.15) is 0 Å². The highest BCUT2D eigenvalue weighted by molar-refractivity contribution is 7.90. The second-order valence-corrected chi connectivity index (χ2v) is 8.80. The first-order chi connectivity index (χ1) is 12.8. The molecule has 1 aromatic heterocycles. The van der Waals surface area contributed by atoms with E-state index in [0.717, 1.165) is 18.7 Å². The molecule has 1 aromatic carbocycles. The van der Waals surface area contributed by atoms with Gasteiger partial charge in [-0.3, -0.25) is 4.79 Å². The maximum absolute atomic E-state index is 13.6. The van der Waals surface area contributed by atoms with E-state index in [1.807, 2.05) is 6.07 Å². The smallest absolute Gasteiger partial charge is 0.264 e. The maximum atomic E-state index is 13.6. The molecule has 0 bridgehead atoms. The summed E-state index contributed by atoms with van der Waals surface area (Å²) in [5.74, 6) is -1.29. The van der Waals surface area contributed by atoms with Gasteiger partial charge in [-0.1, -0.05) is 6.07 Å². The van der Waals surface area contributed by atoms with E-state index >= 15 is 0 Å². The number of nitrogens with one attached hydrogen (secondary N) is 2. The van der Waals surface area contributed by atoms with E-state index in [1.54, 1.807) is 13.0 Å². The highest BCUT2D eigenvalue weighted by Crippen LogP contribution is 2.49. The second kappa shape index (κ2) is 6.30. The Morgan fingerprint density at radius 3 is 2.85 bits per heavy atom. The van der Waals surface area contributed by atoms with Gasteiger partial charge in [-0.15, -0.1) is 0 Å². The van der Waals surface area contributed by atoms with Crippen LogP contribution in [0.25, 0.3) is 0 Å². The Balaban J connectivity index is 1.66. The predicted octanol–water partition coefficient (Wildman–Crippen LogP) is 2.42. The Bertz CT molecular complexity index is 1030. The van der Waals surface area contributed by atoms with Crippen LogP contribution in [-0.2, 0) is 26.7 Å². The van der Waals surface area contributed by atoms with Crippen molar-refractivity contribution in [2.24, 2.45) is 0 Å². The van der Waals surface area contributed by atoms with Crippen molar-refractivity contribution in [1.82, 2.24) is 9.71 Å². The van der Waals surface area contributed by atoms with Crippen LogP contribution in [0.4, 0.5) is 10.1 Å². The summed E-state index contributed by atoms with van der Waals surface area (Å²) in [6.07, 6.45) is 3.78. The number of sulfonamides is 1. The number of carbonyl (C=O) groups excluding carboxylic acids is 1. The molecule has 4 rings (SSSR count). The fourth-order valence-corrected chi connectivity index (χ4v) is 5.10. The number of hydrogen-bond donors (Lipinski definition) is 2. The summed E-state index contributed by atoms with van der Waals surface area (Å²) in [4.78, 5) is 16.6. The van der Waals surface area contributed by atoms with Crippen LogP contribution in [0.15, 0.2) is 35.4 Å². The molecule has 1 fully saturated rings. The summed E-state index contributed by atoms with van der Waals surface area (Å²) < 4.78 is 41.7. The number of benzene rings is 1. The Morgan fingerprint density at radius 2 is 2.11 bits per heavy atom. The topological polar surface area (TPSA) is 88.2 Å². The van der Waals surface area contributed by atoms with Gasteiger partial charge in [0, 0.05) is 18.4 Å². The van der Waals surface area contributed by atoms with E-state index < -0.39 is 27.3 Å². The zero-order valence-electron chi connectivity index (χ0n) is 14.9. The van der Waals surface area contributed by atoms with Crippen LogP contribution < -0.4 is 10.0 Å². The first kappa shape index (κ1) is 17.9. The lowest BCUT2D eigenvalue weighted by Crippen LogP contribution is -2.39. The predicted molar refractivity (Wildman–Crippen MR) is 98.4 cm³/mol. The van der Waals surface area contributed by atoms with E-state index in [9.17, 15) is 17.6 Å². The summed E-state index contributed by atoms with van der Waals surface area (Å²) in [7, 11) is -4.02. The van der Waals surface area contributed by atoms with Crippen LogP contribution in [0.2, 0.25) is 0 Å². The maximum Gasteiger partial charge on any atom is 0.264 e. The van der Waals surface area contributed by atoms with Crippen LogP contribution in [0.1, 0.15) is 36.0 Å². The van der Waals surface area contributed by atoms with Gasteiger partial charge in [0.05, 0.1) is 10.3 Å². The minimum Gasteiger partial charge on any atom is -0.385 e. The number of nitrogens with zero attached hydrogens (tertiary/aromatic N) is 1. The number of aromatic nitrogens is 1. The number of anilines is 1. The van der Waals surface area contributed by atoms with Gasteiger partial charge in [0.25, 0.3) is 10.0 Å². The Morgan fingerprint density at radius 1 is 1.33 bits per heavy atom. The van der Waals surface area contributed by atoms with E-state index in [4.69, 9.17) is 0 Å². The third-order valence-electron chi connectivity index (χ3n) is 5.34. The molecule has 0 spiro atoms. The molecule has 6 nitrogen and oxygen atoms in total. The molecule has 0 saturated heterocycles. The number of hydrogen-bond acceptors (Lipinski definition) is 5. The fraction of sp³-hybridized carbons (Fsp3) is 0.368. The van der Waals surface area contributed by atoms with Crippen LogP contribution in [-0.4, -0.2) is 25.9 Å². The van der Waals surface area contributed by atoms with Gasteiger partial charge >= 0.3 is 0 Å². The molecule has 2 heterocycles. The highest BCUT2D eigenvalue weighted by atomic mass is 32.2. The molecule has 2 aromatic rings. The summed E-state index contributed by atoms with van der Waals surface area (Å²) in [5, 5.41) is 3.18. The van der Waals surface area contributed by atoms with Crippen molar-refractivity contribution in [2.45, 2.75) is 42.9 Å². The van der Waals surface area contributed by atoms with Crippen LogP contribution >= 0.6 is 0 Å². The van der Waals surface area contributed by atoms with E-state index in [1.165, 1.54) is 18.3 Å². The van der Waals surface area contributed by atoms with Crippen molar-refractivity contribution in [3.8, 4) is 0 Å². The molecule has 27 heavy (non-hydrogen) atoms. The fourth-order valence-electron chi connectivity index (χ4n) is 3.76. The van der Waals surface area contributed by atoms with Gasteiger partial charge in [-0.05, 0) is 67.5 Å². The van der Waals surface area contributed by atoms with Crippen LogP contribution in [0.3, 0.4) is 0 Å². The lowest BCUT2D eigenvalue weighted by Gasteiger charge is -2.22. The number of aryl methyl sites for hydroxylation is 1. The zero-order valence-corrected chi connectivity index (χ0v) is 15.7. The van der Waals surface area contributed by atoms with Gasteiger partial charge < -0.3 is 5.32 Å².